The van der Waals surface area contributed by atoms with Gasteiger partial charge in [-0.3, -0.25) is 0 Å². The minimum atomic E-state index is -0.367. The van der Waals surface area contributed by atoms with Gasteiger partial charge in [-0.25, -0.2) is 9.37 Å². The van der Waals surface area contributed by atoms with Gasteiger partial charge in [0.15, 0.2) is 5.82 Å². The van der Waals surface area contributed by atoms with E-state index in [-0.39, 0.29) is 5.82 Å². The smallest absolute Gasteiger partial charge is 0.219 e. The van der Waals surface area contributed by atoms with Gasteiger partial charge in [0, 0.05) is 24.9 Å². The van der Waals surface area contributed by atoms with Crippen molar-refractivity contribution < 1.29 is 9.13 Å². The van der Waals surface area contributed by atoms with Crippen LogP contribution in [0.1, 0.15) is 36.2 Å². The van der Waals surface area contributed by atoms with E-state index in [9.17, 15) is 9.65 Å². The van der Waals surface area contributed by atoms with Gasteiger partial charge < -0.3 is 10.1 Å². The van der Waals surface area contributed by atoms with Gasteiger partial charge in [0.2, 0.25) is 5.88 Å². The Balaban J connectivity index is 1.69. The van der Waals surface area contributed by atoms with Crippen molar-refractivity contribution in [2.45, 2.75) is 33.2 Å². The molecule has 0 saturated heterocycles. The molecule has 1 aromatic carbocycles. The van der Waals surface area contributed by atoms with Crippen LogP contribution in [0.25, 0.3) is 0 Å². The van der Waals surface area contributed by atoms with Crippen LogP contribution in [0.2, 0.25) is 0 Å². The first-order valence-electron chi connectivity index (χ1n) is 9.05. The van der Waals surface area contributed by atoms with Gasteiger partial charge in [0.1, 0.15) is 23.2 Å². The zero-order chi connectivity index (χ0) is 19.9. The van der Waals surface area contributed by atoms with Crippen LogP contribution in [0.4, 0.5) is 10.2 Å². The lowest BCUT2D eigenvalue weighted by Crippen LogP contribution is -2.10. The summed E-state index contributed by atoms with van der Waals surface area (Å²) in [5.74, 6) is 0.854. The minimum Gasteiger partial charge on any atom is -0.439 e. The molecule has 142 valence electrons. The molecule has 2 heterocycles. The highest BCUT2D eigenvalue weighted by molar-refractivity contribution is 5.56. The Bertz CT molecular complexity index is 999. The number of hydrogen-bond donors (Lipinski definition) is 1. The third-order valence-corrected chi connectivity index (χ3v) is 4.23. The molecule has 0 unspecified atom stereocenters. The zero-order valence-corrected chi connectivity index (χ0v) is 15.7. The first kappa shape index (κ1) is 19.2. The Morgan fingerprint density at radius 1 is 1.14 bits per heavy atom. The largest absolute Gasteiger partial charge is 0.439 e. The van der Waals surface area contributed by atoms with Crippen molar-refractivity contribution in [3.05, 3.63) is 70.8 Å². The van der Waals surface area contributed by atoms with E-state index in [2.05, 4.69) is 26.6 Å². The molecule has 28 heavy (non-hydrogen) atoms. The Kier molecular flexibility index (Phi) is 6.12. The molecule has 0 aliphatic heterocycles. The first-order valence-corrected chi connectivity index (χ1v) is 9.05. The highest BCUT2D eigenvalue weighted by Gasteiger charge is 2.14. The average molecular weight is 377 g/mol. The Hall–Kier alpha value is -3.53. The van der Waals surface area contributed by atoms with Crippen molar-refractivity contribution in [1.82, 2.24) is 15.2 Å². The lowest BCUT2D eigenvalue weighted by atomic mass is 10.0. The molecule has 3 aromatic rings. The number of ether oxygens (including phenoxy) is 1. The molecule has 2 aromatic heterocycles. The molecule has 0 aliphatic rings. The van der Waals surface area contributed by atoms with Crippen molar-refractivity contribution in [1.29, 1.82) is 5.26 Å². The maximum absolute atomic E-state index is 13.2. The lowest BCUT2D eigenvalue weighted by Gasteiger charge is -2.12. The number of nitriles is 1. The number of benzene rings is 1. The van der Waals surface area contributed by atoms with Gasteiger partial charge in [-0.1, -0.05) is 26.0 Å². The SMILES string of the molecule is CCc1nnc(NCc2ccc(Oc3cccc(F)c3)nc2)c(C#N)c1CC. The van der Waals surface area contributed by atoms with Crippen LogP contribution in [0, 0.1) is 17.1 Å². The summed E-state index contributed by atoms with van der Waals surface area (Å²) in [5, 5.41) is 21.1. The van der Waals surface area contributed by atoms with Gasteiger partial charge in [-0.15, -0.1) is 5.10 Å². The molecular formula is C21H20FN5O. The standard InChI is InChI=1S/C21H20FN5O/c1-3-17-18(11-23)21(27-26-19(17)4-2)25-13-14-8-9-20(24-12-14)28-16-7-5-6-15(22)10-16/h5-10,12H,3-4,13H2,1-2H3,(H,25,27). The number of aryl methyl sites for hydroxylation is 1. The van der Waals surface area contributed by atoms with Gasteiger partial charge in [0.25, 0.3) is 0 Å². The van der Waals surface area contributed by atoms with Crippen LogP contribution >= 0.6 is 0 Å². The summed E-state index contributed by atoms with van der Waals surface area (Å²) in [6.07, 6.45) is 3.12. The van der Waals surface area contributed by atoms with Crippen LogP contribution in [0.15, 0.2) is 42.6 Å². The fraction of sp³-hybridized carbons (Fsp3) is 0.238. The van der Waals surface area contributed by atoms with E-state index in [0.29, 0.717) is 29.6 Å². The monoisotopic (exact) mass is 377 g/mol. The molecule has 0 fully saturated rings. The van der Waals surface area contributed by atoms with Gasteiger partial charge >= 0.3 is 0 Å². The summed E-state index contributed by atoms with van der Waals surface area (Å²) in [4.78, 5) is 4.23. The van der Waals surface area contributed by atoms with E-state index < -0.39 is 0 Å². The van der Waals surface area contributed by atoms with E-state index in [0.717, 1.165) is 29.7 Å². The molecule has 1 N–H and O–H groups in total. The Morgan fingerprint density at radius 3 is 2.64 bits per heavy atom. The summed E-state index contributed by atoms with van der Waals surface area (Å²) in [7, 11) is 0. The Morgan fingerprint density at radius 2 is 2.00 bits per heavy atom. The number of halogens is 1. The van der Waals surface area contributed by atoms with Gasteiger partial charge in [-0.05, 0) is 36.1 Å². The fourth-order valence-corrected chi connectivity index (χ4v) is 2.83. The van der Waals surface area contributed by atoms with Crippen molar-refractivity contribution >= 4 is 5.82 Å². The lowest BCUT2D eigenvalue weighted by molar-refractivity contribution is 0.458. The quantitative estimate of drug-likeness (QED) is 0.656. The number of hydrogen-bond acceptors (Lipinski definition) is 6. The molecule has 0 spiro atoms. The Labute approximate surface area is 163 Å². The molecule has 0 radical (unpaired) electrons. The molecule has 6 nitrogen and oxygen atoms in total. The summed E-state index contributed by atoms with van der Waals surface area (Å²) < 4.78 is 18.7. The number of rotatable bonds is 7. The summed E-state index contributed by atoms with van der Waals surface area (Å²) in [5.41, 5.74) is 3.20. The zero-order valence-electron chi connectivity index (χ0n) is 15.7. The van der Waals surface area contributed by atoms with E-state index in [1.807, 2.05) is 19.9 Å². The number of aromatic nitrogens is 3. The first-order chi connectivity index (χ1) is 13.6. The summed E-state index contributed by atoms with van der Waals surface area (Å²) in [6, 6.07) is 11.7. The van der Waals surface area contributed by atoms with Crippen molar-refractivity contribution in [3.8, 4) is 17.7 Å². The molecule has 0 saturated carbocycles. The van der Waals surface area contributed by atoms with Crippen molar-refractivity contribution in [2.24, 2.45) is 0 Å². The highest BCUT2D eigenvalue weighted by atomic mass is 19.1. The summed E-state index contributed by atoms with van der Waals surface area (Å²) >= 11 is 0. The minimum absolute atomic E-state index is 0.367. The summed E-state index contributed by atoms with van der Waals surface area (Å²) in [6.45, 7) is 4.43. The number of nitrogens with zero attached hydrogens (tertiary/aromatic N) is 4. The number of nitrogens with one attached hydrogen (secondary N) is 1. The maximum Gasteiger partial charge on any atom is 0.219 e. The normalized spacial score (nSPS) is 10.4. The van der Waals surface area contributed by atoms with Gasteiger partial charge in [0.05, 0.1) is 5.69 Å². The van der Waals surface area contributed by atoms with E-state index in [1.165, 1.54) is 12.1 Å². The third-order valence-electron chi connectivity index (χ3n) is 4.23. The average Bonchev–Trinajstić information content (AvgIpc) is 2.72. The third kappa shape index (κ3) is 4.41. The predicted molar refractivity (Wildman–Crippen MR) is 104 cm³/mol. The molecule has 7 heteroatoms. The topological polar surface area (TPSA) is 83.7 Å². The van der Waals surface area contributed by atoms with Crippen LogP contribution in [0.5, 0.6) is 11.6 Å². The van der Waals surface area contributed by atoms with E-state index in [4.69, 9.17) is 4.74 Å². The number of anilines is 1. The second-order valence-corrected chi connectivity index (χ2v) is 6.09. The van der Waals surface area contributed by atoms with E-state index >= 15 is 0 Å². The van der Waals surface area contributed by atoms with E-state index in [1.54, 1.807) is 24.4 Å². The predicted octanol–water partition coefficient (Wildman–Crippen LogP) is 4.41. The molecule has 0 aliphatic carbocycles. The number of pyridine rings is 1. The highest BCUT2D eigenvalue weighted by Crippen LogP contribution is 2.22. The van der Waals surface area contributed by atoms with Crippen molar-refractivity contribution in [2.75, 3.05) is 5.32 Å². The molecule has 0 bridgehead atoms. The molecular weight excluding hydrogens is 357 g/mol. The van der Waals surface area contributed by atoms with Crippen molar-refractivity contribution in [3.63, 3.8) is 0 Å². The fourth-order valence-electron chi connectivity index (χ4n) is 2.83. The van der Waals surface area contributed by atoms with Gasteiger partial charge in [-0.2, -0.15) is 10.4 Å². The molecule has 0 atom stereocenters. The van der Waals surface area contributed by atoms with Crippen LogP contribution in [0.3, 0.4) is 0 Å². The second-order valence-electron chi connectivity index (χ2n) is 6.09. The van der Waals surface area contributed by atoms with Crippen LogP contribution < -0.4 is 10.1 Å². The molecule has 3 rings (SSSR count). The second kappa shape index (κ2) is 8.91. The van der Waals surface area contributed by atoms with Crippen LogP contribution in [-0.4, -0.2) is 15.2 Å². The maximum atomic E-state index is 13.2. The molecule has 0 amide bonds. The van der Waals surface area contributed by atoms with Crippen LogP contribution in [-0.2, 0) is 19.4 Å².